The molecule has 3 nitrogen and oxygen atoms in total. The molecule has 2 aliphatic rings. The van der Waals surface area contributed by atoms with E-state index >= 15 is 0 Å². The second-order valence-corrected chi connectivity index (χ2v) is 6.93. The quantitative estimate of drug-likeness (QED) is 0.886. The highest BCUT2D eigenvalue weighted by Crippen LogP contribution is 2.49. The first kappa shape index (κ1) is 17.9. The summed E-state index contributed by atoms with van der Waals surface area (Å²) in [6, 6.07) is 5.70. The van der Waals surface area contributed by atoms with Gasteiger partial charge in [-0.1, -0.05) is 29.3 Å². The maximum absolute atomic E-state index is 12.5. The predicted octanol–water partition coefficient (Wildman–Crippen LogP) is 3.59. The number of amides is 1. The maximum Gasteiger partial charge on any atom is 0.226 e. The summed E-state index contributed by atoms with van der Waals surface area (Å²) in [4.78, 5) is 14.6. The Hall–Kier alpha value is -0.480. The first-order chi connectivity index (χ1) is 10.1. The minimum absolute atomic E-state index is 0. The zero-order valence-corrected chi connectivity index (χ0v) is 14.8. The highest BCUT2D eigenvalue weighted by atomic mass is 35.5. The Morgan fingerprint density at radius 3 is 2.82 bits per heavy atom. The van der Waals surface area contributed by atoms with Gasteiger partial charge in [0.25, 0.3) is 0 Å². The Balaban J connectivity index is 0.00000176. The van der Waals surface area contributed by atoms with Gasteiger partial charge in [-0.05, 0) is 56.0 Å². The van der Waals surface area contributed by atoms with Crippen LogP contribution in [-0.2, 0) is 4.79 Å². The summed E-state index contributed by atoms with van der Waals surface area (Å²) in [5.41, 5.74) is 1.13. The van der Waals surface area contributed by atoms with Crippen LogP contribution in [0.25, 0.3) is 0 Å². The molecular weight excluding hydrogens is 343 g/mol. The number of carbonyl (C=O) groups excluding carboxylic acids is 1. The van der Waals surface area contributed by atoms with E-state index in [0.29, 0.717) is 27.8 Å². The van der Waals surface area contributed by atoms with Crippen molar-refractivity contribution >= 4 is 41.5 Å². The van der Waals surface area contributed by atoms with Gasteiger partial charge >= 0.3 is 0 Å². The molecule has 1 aliphatic heterocycles. The second-order valence-electron chi connectivity index (χ2n) is 6.12. The van der Waals surface area contributed by atoms with Crippen molar-refractivity contribution < 1.29 is 4.79 Å². The fourth-order valence-electron chi connectivity index (χ4n) is 3.30. The molecule has 0 aromatic heterocycles. The average Bonchev–Trinajstić information content (AvgIpc) is 3.13. The lowest BCUT2D eigenvalue weighted by Gasteiger charge is -2.16. The second kappa shape index (κ2) is 7.39. The van der Waals surface area contributed by atoms with E-state index in [0.717, 1.165) is 38.0 Å². The summed E-state index contributed by atoms with van der Waals surface area (Å²) in [5.74, 6) is 1.36. The van der Waals surface area contributed by atoms with Crippen molar-refractivity contribution in [3.8, 4) is 0 Å². The fourth-order valence-corrected chi connectivity index (χ4v) is 3.61. The number of likely N-dealkylation sites (tertiary alicyclic amines) is 1. The molecule has 1 saturated carbocycles. The molecule has 0 spiro atoms. The number of nitrogens with zero attached hydrogens (tertiary/aromatic N) is 1. The van der Waals surface area contributed by atoms with Crippen LogP contribution in [-0.4, -0.2) is 37.5 Å². The largest absolute Gasteiger partial charge is 0.342 e. The van der Waals surface area contributed by atoms with Crippen LogP contribution < -0.4 is 5.32 Å². The minimum atomic E-state index is 0. The Morgan fingerprint density at radius 1 is 1.36 bits per heavy atom. The smallest absolute Gasteiger partial charge is 0.226 e. The van der Waals surface area contributed by atoms with Gasteiger partial charge < -0.3 is 10.2 Å². The Bertz CT molecular complexity index is 552. The molecule has 3 atom stereocenters. The summed E-state index contributed by atoms with van der Waals surface area (Å²) < 4.78 is 0. The van der Waals surface area contributed by atoms with Gasteiger partial charge in [-0.15, -0.1) is 12.4 Å². The van der Waals surface area contributed by atoms with Crippen molar-refractivity contribution in [2.24, 2.45) is 11.8 Å². The summed E-state index contributed by atoms with van der Waals surface area (Å²) in [6.07, 6.45) is 2.04. The van der Waals surface area contributed by atoms with Crippen molar-refractivity contribution in [1.29, 1.82) is 0 Å². The molecule has 3 rings (SSSR count). The van der Waals surface area contributed by atoms with Crippen molar-refractivity contribution in [2.45, 2.75) is 18.8 Å². The molecule has 1 N–H and O–H groups in total. The molecule has 1 aromatic rings. The van der Waals surface area contributed by atoms with Crippen LogP contribution in [0.3, 0.4) is 0 Å². The third kappa shape index (κ3) is 3.70. The molecular formula is C16H21Cl3N2O. The van der Waals surface area contributed by atoms with Crippen LogP contribution in [0.5, 0.6) is 0 Å². The molecule has 3 unspecified atom stereocenters. The highest BCUT2D eigenvalue weighted by molar-refractivity contribution is 6.42. The van der Waals surface area contributed by atoms with Crippen molar-refractivity contribution in [1.82, 2.24) is 10.2 Å². The van der Waals surface area contributed by atoms with Crippen LogP contribution in [0, 0.1) is 11.8 Å². The third-order valence-corrected chi connectivity index (χ3v) is 5.31. The van der Waals surface area contributed by atoms with Gasteiger partial charge in [0, 0.05) is 19.0 Å². The number of halogens is 3. The van der Waals surface area contributed by atoms with E-state index in [2.05, 4.69) is 5.32 Å². The zero-order chi connectivity index (χ0) is 15.0. The Morgan fingerprint density at radius 2 is 2.14 bits per heavy atom. The molecule has 22 heavy (non-hydrogen) atoms. The number of benzene rings is 1. The number of hydrogen-bond acceptors (Lipinski definition) is 2. The van der Waals surface area contributed by atoms with E-state index in [9.17, 15) is 4.79 Å². The molecule has 1 aliphatic carbocycles. The Labute approximate surface area is 147 Å². The lowest BCUT2D eigenvalue weighted by molar-refractivity contribution is -0.131. The van der Waals surface area contributed by atoms with Crippen LogP contribution in [0.4, 0.5) is 0 Å². The SMILES string of the molecule is CNCC1CCN(C(=O)C2CC2c2ccc(Cl)c(Cl)c2)C1.Cl. The molecule has 1 saturated heterocycles. The number of nitrogens with one attached hydrogen (secondary N) is 1. The molecule has 0 radical (unpaired) electrons. The fraction of sp³-hybridized carbons (Fsp3) is 0.562. The van der Waals surface area contributed by atoms with Gasteiger partial charge in [0.1, 0.15) is 0 Å². The van der Waals surface area contributed by atoms with Gasteiger partial charge in [-0.3, -0.25) is 4.79 Å². The number of rotatable bonds is 4. The van der Waals surface area contributed by atoms with Gasteiger partial charge in [0.2, 0.25) is 5.91 Å². The monoisotopic (exact) mass is 362 g/mol. The van der Waals surface area contributed by atoms with Gasteiger partial charge in [-0.25, -0.2) is 0 Å². The number of carbonyl (C=O) groups is 1. The normalized spacial score (nSPS) is 26.7. The van der Waals surface area contributed by atoms with Gasteiger partial charge in [-0.2, -0.15) is 0 Å². The third-order valence-electron chi connectivity index (χ3n) is 4.57. The molecule has 1 heterocycles. The highest BCUT2D eigenvalue weighted by Gasteiger charge is 2.46. The minimum Gasteiger partial charge on any atom is -0.342 e. The topological polar surface area (TPSA) is 32.3 Å². The summed E-state index contributed by atoms with van der Waals surface area (Å²) in [5, 5.41) is 4.33. The van der Waals surface area contributed by atoms with Crippen molar-refractivity contribution in [3.05, 3.63) is 33.8 Å². The first-order valence-corrected chi connectivity index (χ1v) is 8.24. The molecule has 2 fully saturated rings. The predicted molar refractivity (Wildman–Crippen MR) is 93.2 cm³/mol. The summed E-state index contributed by atoms with van der Waals surface area (Å²) in [6.45, 7) is 2.78. The van der Waals surface area contributed by atoms with E-state index in [4.69, 9.17) is 23.2 Å². The van der Waals surface area contributed by atoms with E-state index in [-0.39, 0.29) is 18.3 Å². The Kier molecular flexibility index (Phi) is 6.00. The summed E-state index contributed by atoms with van der Waals surface area (Å²) >= 11 is 12.0. The average molecular weight is 364 g/mol. The lowest BCUT2D eigenvalue weighted by atomic mass is 10.1. The van der Waals surface area contributed by atoms with Gasteiger partial charge in [0.15, 0.2) is 0 Å². The van der Waals surface area contributed by atoms with E-state index in [1.165, 1.54) is 0 Å². The number of hydrogen-bond donors (Lipinski definition) is 1. The van der Waals surface area contributed by atoms with E-state index in [1.807, 2.05) is 30.1 Å². The van der Waals surface area contributed by atoms with Crippen LogP contribution in [0.2, 0.25) is 10.0 Å². The molecule has 122 valence electrons. The van der Waals surface area contributed by atoms with Crippen LogP contribution >= 0.6 is 35.6 Å². The molecule has 1 amide bonds. The van der Waals surface area contributed by atoms with E-state index < -0.39 is 0 Å². The molecule has 6 heteroatoms. The van der Waals surface area contributed by atoms with Crippen LogP contribution in [0.15, 0.2) is 18.2 Å². The van der Waals surface area contributed by atoms with Crippen LogP contribution in [0.1, 0.15) is 24.3 Å². The summed E-state index contributed by atoms with van der Waals surface area (Å²) in [7, 11) is 1.96. The van der Waals surface area contributed by atoms with Gasteiger partial charge in [0.05, 0.1) is 10.0 Å². The zero-order valence-electron chi connectivity index (χ0n) is 12.5. The molecule has 0 bridgehead atoms. The first-order valence-electron chi connectivity index (χ1n) is 7.48. The maximum atomic E-state index is 12.5. The standard InChI is InChI=1S/C16H20Cl2N2O.ClH/c1-19-8-10-4-5-20(9-10)16(21)13-7-12(13)11-2-3-14(17)15(18)6-11;/h2-3,6,10,12-13,19H,4-5,7-9H2,1H3;1H. The lowest BCUT2D eigenvalue weighted by Crippen LogP contribution is -2.31. The van der Waals surface area contributed by atoms with Crippen molar-refractivity contribution in [2.75, 3.05) is 26.7 Å². The molecule has 1 aromatic carbocycles. The van der Waals surface area contributed by atoms with E-state index in [1.54, 1.807) is 0 Å². The van der Waals surface area contributed by atoms with Crippen molar-refractivity contribution in [3.63, 3.8) is 0 Å².